The minimum atomic E-state index is -4.24. The van der Waals surface area contributed by atoms with Crippen LogP contribution in [-0.2, 0) is 0 Å². The quantitative estimate of drug-likeness (QED) is 0.417. The van der Waals surface area contributed by atoms with Crippen LogP contribution in [0.5, 0.6) is 0 Å². The van der Waals surface area contributed by atoms with Crippen molar-refractivity contribution in [1.82, 2.24) is 19.5 Å². The molecule has 0 unspecified atom stereocenters. The van der Waals surface area contributed by atoms with Crippen molar-refractivity contribution >= 4 is 23.0 Å². The number of carbonyl (C=O) groups excluding carboxylic acids is 1. The second-order valence-corrected chi connectivity index (χ2v) is 4.44. The third-order valence-electron chi connectivity index (χ3n) is 2.95. The molecule has 120 valence electrons. The van der Waals surface area contributed by atoms with Crippen LogP contribution < -0.4 is 17.0 Å². The molecule has 0 aliphatic rings. The fourth-order valence-corrected chi connectivity index (χ4v) is 1.73. The number of nitrogens with two attached hydrogens (primary N) is 2. The number of fused-ring (bicyclic) bond motifs is 1. The average Bonchev–Trinajstić information content (AvgIpc) is 2.88. The maximum absolute atomic E-state index is 14.0. The molecule has 0 radical (unpaired) electrons. The fourth-order valence-electron chi connectivity index (χ4n) is 1.73. The standard InChI is InChI=1S/C10H12F2N6O4/c11-10(12,5(13)3(20)1-19)8(22)18-2-15-4-6(18)16-9(14)17-7(4)21/h2-3,5,19-20H,1,13H2,(H3,14,16,17,21)/t3-,5-/m1/s1. The van der Waals surface area contributed by atoms with Crippen molar-refractivity contribution in [2.45, 2.75) is 18.1 Å². The van der Waals surface area contributed by atoms with Crippen LogP contribution in [0.15, 0.2) is 11.1 Å². The molecule has 0 aliphatic heterocycles. The van der Waals surface area contributed by atoms with Gasteiger partial charge in [0.05, 0.1) is 12.7 Å². The number of hydrogen-bond acceptors (Lipinski definition) is 8. The van der Waals surface area contributed by atoms with Crippen molar-refractivity contribution in [3.8, 4) is 0 Å². The maximum Gasteiger partial charge on any atom is 0.342 e. The molecule has 2 atom stereocenters. The Morgan fingerprint density at radius 1 is 1.55 bits per heavy atom. The van der Waals surface area contributed by atoms with Gasteiger partial charge in [-0.15, -0.1) is 0 Å². The van der Waals surface area contributed by atoms with Crippen LogP contribution in [0.2, 0.25) is 0 Å². The molecular formula is C10H12F2N6O4. The first-order valence-electron chi connectivity index (χ1n) is 5.90. The lowest BCUT2D eigenvalue weighted by Gasteiger charge is -2.25. The van der Waals surface area contributed by atoms with E-state index in [4.69, 9.17) is 16.6 Å². The van der Waals surface area contributed by atoms with Crippen LogP contribution in [0.3, 0.4) is 0 Å². The Balaban J connectivity index is 2.52. The molecule has 12 heteroatoms. The van der Waals surface area contributed by atoms with Crippen LogP contribution >= 0.6 is 0 Å². The van der Waals surface area contributed by atoms with Gasteiger partial charge in [-0.3, -0.25) is 14.6 Å². The number of anilines is 1. The first-order chi connectivity index (χ1) is 10.2. The summed E-state index contributed by atoms with van der Waals surface area (Å²) in [5.41, 5.74) is 8.73. The molecule has 0 saturated heterocycles. The Hall–Kier alpha value is -2.44. The maximum atomic E-state index is 14.0. The van der Waals surface area contributed by atoms with Gasteiger partial charge in [0.15, 0.2) is 11.2 Å². The van der Waals surface area contributed by atoms with Gasteiger partial charge in [-0.1, -0.05) is 0 Å². The number of aliphatic hydroxyl groups is 2. The number of nitrogen functional groups attached to an aromatic ring is 1. The molecule has 0 aliphatic carbocycles. The summed E-state index contributed by atoms with van der Waals surface area (Å²) in [6.45, 7) is -1.06. The van der Waals surface area contributed by atoms with Gasteiger partial charge in [-0.05, 0) is 0 Å². The van der Waals surface area contributed by atoms with Gasteiger partial charge in [0.25, 0.3) is 5.56 Å². The number of alkyl halides is 2. The summed E-state index contributed by atoms with van der Waals surface area (Å²) in [7, 11) is 0. The summed E-state index contributed by atoms with van der Waals surface area (Å²) in [6, 6.07) is -2.36. The molecule has 22 heavy (non-hydrogen) atoms. The predicted molar refractivity (Wildman–Crippen MR) is 69.2 cm³/mol. The molecule has 7 N–H and O–H groups in total. The highest BCUT2D eigenvalue weighted by molar-refractivity contribution is 5.93. The Morgan fingerprint density at radius 2 is 2.18 bits per heavy atom. The van der Waals surface area contributed by atoms with Gasteiger partial charge in [-0.25, -0.2) is 9.55 Å². The van der Waals surface area contributed by atoms with Crippen LogP contribution in [0.25, 0.3) is 11.2 Å². The summed E-state index contributed by atoms with van der Waals surface area (Å²) >= 11 is 0. The molecule has 0 bridgehead atoms. The number of aromatic amines is 1. The zero-order chi connectivity index (χ0) is 16.7. The van der Waals surface area contributed by atoms with Crippen molar-refractivity contribution < 1.29 is 23.8 Å². The molecule has 2 aromatic heterocycles. The lowest BCUT2D eigenvalue weighted by atomic mass is 10.0. The number of rotatable bonds is 4. The van der Waals surface area contributed by atoms with E-state index in [1.807, 2.05) is 0 Å². The molecule has 0 amide bonds. The topological polar surface area (TPSA) is 173 Å². The predicted octanol–water partition coefficient (Wildman–Crippen LogP) is -2.34. The number of aromatic nitrogens is 4. The molecule has 0 saturated carbocycles. The van der Waals surface area contributed by atoms with Crippen molar-refractivity contribution in [3.05, 3.63) is 16.7 Å². The lowest BCUT2D eigenvalue weighted by molar-refractivity contribution is -0.0569. The van der Waals surface area contributed by atoms with Crippen molar-refractivity contribution in [2.24, 2.45) is 5.73 Å². The van der Waals surface area contributed by atoms with Gasteiger partial charge in [-0.2, -0.15) is 13.8 Å². The molecule has 2 rings (SSSR count). The van der Waals surface area contributed by atoms with Crippen LogP contribution in [0.4, 0.5) is 14.7 Å². The largest absolute Gasteiger partial charge is 0.394 e. The molecule has 2 heterocycles. The summed E-state index contributed by atoms with van der Waals surface area (Å²) in [4.78, 5) is 32.6. The number of hydrogen-bond donors (Lipinski definition) is 5. The van der Waals surface area contributed by atoms with Crippen LogP contribution in [0, 0.1) is 0 Å². The van der Waals surface area contributed by atoms with E-state index in [2.05, 4.69) is 15.0 Å². The second-order valence-electron chi connectivity index (χ2n) is 4.44. The van der Waals surface area contributed by atoms with E-state index in [0.717, 1.165) is 0 Å². The monoisotopic (exact) mass is 318 g/mol. The number of aliphatic hydroxyl groups excluding tert-OH is 2. The van der Waals surface area contributed by atoms with E-state index in [0.29, 0.717) is 10.9 Å². The van der Waals surface area contributed by atoms with Crippen molar-refractivity contribution in [3.63, 3.8) is 0 Å². The third-order valence-corrected chi connectivity index (χ3v) is 2.95. The van der Waals surface area contributed by atoms with Gasteiger partial charge >= 0.3 is 11.8 Å². The second kappa shape index (κ2) is 5.40. The Kier molecular flexibility index (Phi) is 3.91. The Labute approximate surface area is 120 Å². The van der Waals surface area contributed by atoms with Crippen molar-refractivity contribution in [1.29, 1.82) is 0 Å². The van der Waals surface area contributed by atoms with Gasteiger partial charge in [0.1, 0.15) is 12.4 Å². The van der Waals surface area contributed by atoms with Crippen LogP contribution in [-0.4, -0.2) is 60.3 Å². The minimum Gasteiger partial charge on any atom is -0.394 e. The smallest absolute Gasteiger partial charge is 0.342 e. The Bertz CT molecular complexity index is 772. The number of carbonyl (C=O) groups is 1. The normalized spacial score (nSPS) is 15.0. The van der Waals surface area contributed by atoms with E-state index in [1.54, 1.807) is 0 Å². The molecule has 0 fully saturated rings. The number of imidazole rings is 1. The minimum absolute atomic E-state index is 0.310. The number of nitrogens with zero attached hydrogens (tertiary/aromatic N) is 3. The number of H-pyrrole nitrogens is 1. The molecule has 2 aromatic rings. The van der Waals surface area contributed by atoms with Gasteiger partial charge in [0, 0.05) is 0 Å². The number of halogens is 2. The summed E-state index contributed by atoms with van der Waals surface area (Å²) < 4.78 is 28.3. The van der Waals surface area contributed by atoms with E-state index < -0.39 is 47.7 Å². The lowest BCUT2D eigenvalue weighted by Crippen LogP contribution is -2.56. The van der Waals surface area contributed by atoms with E-state index in [-0.39, 0.29) is 5.52 Å². The highest BCUT2D eigenvalue weighted by atomic mass is 19.3. The van der Waals surface area contributed by atoms with Gasteiger partial charge in [0.2, 0.25) is 5.95 Å². The van der Waals surface area contributed by atoms with E-state index in [9.17, 15) is 23.5 Å². The molecule has 0 spiro atoms. The number of nitrogens with one attached hydrogen (secondary N) is 1. The zero-order valence-corrected chi connectivity index (χ0v) is 10.9. The first kappa shape index (κ1) is 15.9. The third kappa shape index (κ3) is 2.43. The average molecular weight is 318 g/mol. The molecule has 0 aromatic carbocycles. The molecular weight excluding hydrogens is 306 g/mol. The zero-order valence-electron chi connectivity index (χ0n) is 10.9. The first-order valence-corrected chi connectivity index (χ1v) is 5.90. The summed E-state index contributed by atoms with van der Waals surface area (Å²) in [5.74, 6) is -6.50. The summed E-state index contributed by atoms with van der Waals surface area (Å²) in [6.07, 6.45) is -1.35. The van der Waals surface area contributed by atoms with Gasteiger partial charge < -0.3 is 21.7 Å². The van der Waals surface area contributed by atoms with Crippen molar-refractivity contribution in [2.75, 3.05) is 12.3 Å². The Morgan fingerprint density at radius 3 is 2.77 bits per heavy atom. The highest BCUT2D eigenvalue weighted by Crippen LogP contribution is 2.23. The van der Waals surface area contributed by atoms with Crippen LogP contribution in [0.1, 0.15) is 4.79 Å². The fraction of sp³-hybridized carbons (Fsp3) is 0.400. The molecule has 10 nitrogen and oxygen atoms in total. The SMILES string of the molecule is Nc1nc2c(ncn2C(=O)C(F)(F)[C@H](N)[C@H](O)CO)c(=O)[nH]1. The summed E-state index contributed by atoms with van der Waals surface area (Å²) in [5, 5.41) is 17.8. The van der Waals surface area contributed by atoms with E-state index in [1.165, 1.54) is 0 Å². The van der Waals surface area contributed by atoms with E-state index >= 15 is 0 Å². The highest BCUT2D eigenvalue weighted by Gasteiger charge is 2.49.